The molecule has 0 bridgehead atoms. The lowest BCUT2D eigenvalue weighted by Gasteiger charge is -2.15. The lowest BCUT2D eigenvalue weighted by Crippen LogP contribution is -2.21. The maximum absolute atomic E-state index is 11.2. The Morgan fingerprint density at radius 3 is 2.61 bits per heavy atom. The smallest absolute Gasteiger partial charge is 0.154 e. The third-order valence-corrected chi connectivity index (χ3v) is 3.41. The average molecular weight is 271 g/mol. The number of hydrogen-bond acceptors (Lipinski definition) is 5. The van der Waals surface area contributed by atoms with Crippen molar-refractivity contribution in [3.8, 4) is 0 Å². The summed E-state index contributed by atoms with van der Waals surface area (Å²) >= 11 is 0. The lowest BCUT2D eigenvalue weighted by molar-refractivity contribution is 0.563. The van der Waals surface area contributed by atoms with Gasteiger partial charge in [0.15, 0.2) is 9.84 Å². The largest absolute Gasteiger partial charge is 0.310 e. The zero-order valence-electron chi connectivity index (χ0n) is 11.4. The summed E-state index contributed by atoms with van der Waals surface area (Å²) < 4.78 is 22.4. The number of aryl methyl sites for hydroxylation is 1. The first-order valence-electron chi connectivity index (χ1n) is 6.07. The van der Waals surface area contributed by atoms with Crippen LogP contribution in [0.5, 0.6) is 0 Å². The van der Waals surface area contributed by atoms with Gasteiger partial charge in [0, 0.05) is 29.8 Å². The molecule has 1 heterocycles. The van der Waals surface area contributed by atoms with Crippen molar-refractivity contribution in [2.45, 2.75) is 39.0 Å². The molecule has 0 fully saturated rings. The highest BCUT2D eigenvalue weighted by atomic mass is 32.2. The van der Waals surface area contributed by atoms with Gasteiger partial charge in [0.25, 0.3) is 0 Å². The van der Waals surface area contributed by atoms with E-state index in [9.17, 15) is 8.42 Å². The molecule has 0 aliphatic rings. The van der Waals surface area contributed by atoms with Crippen LogP contribution in [0.25, 0.3) is 0 Å². The highest BCUT2D eigenvalue weighted by molar-refractivity contribution is 7.89. The molecule has 0 aliphatic carbocycles. The van der Waals surface area contributed by atoms with Gasteiger partial charge in [0.1, 0.15) is 11.6 Å². The number of aromatic nitrogens is 2. The highest BCUT2D eigenvalue weighted by Gasteiger charge is 2.12. The van der Waals surface area contributed by atoms with Crippen LogP contribution < -0.4 is 5.32 Å². The van der Waals surface area contributed by atoms with E-state index in [2.05, 4.69) is 29.1 Å². The molecule has 1 aromatic heterocycles. The summed E-state index contributed by atoms with van der Waals surface area (Å²) in [5, 5.41) is 3.36. The fourth-order valence-corrected chi connectivity index (χ4v) is 2.33. The van der Waals surface area contributed by atoms with Crippen LogP contribution in [-0.2, 0) is 15.6 Å². The van der Waals surface area contributed by atoms with Crippen molar-refractivity contribution >= 4 is 9.84 Å². The Bertz CT molecular complexity index is 500. The summed E-state index contributed by atoms with van der Waals surface area (Å²) in [6.45, 7) is 6.98. The summed E-state index contributed by atoms with van der Waals surface area (Å²) in [5.41, 5.74) is 1.85. The summed E-state index contributed by atoms with van der Waals surface area (Å²) in [4.78, 5) is 8.38. The number of rotatable bonds is 6. The SMILES string of the molecule is CCCNC(C)c1cnc(CS(C)(=O)=O)nc1C. The van der Waals surface area contributed by atoms with Crippen molar-refractivity contribution in [3.05, 3.63) is 23.3 Å². The molecule has 1 atom stereocenters. The van der Waals surface area contributed by atoms with Crippen LogP contribution in [-0.4, -0.2) is 31.2 Å². The Balaban J connectivity index is 2.85. The molecule has 18 heavy (non-hydrogen) atoms. The van der Waals surface area contributed by atoms with Crippen LogP contribution in [0.1, 0.15) is 43.4 Å². The molecule has 0 aliphatic heterocycles. The van der Waals surface area contributed by atoms with E-state index in [0.29, 0.717) is 5.82 Å². The molecule has 1 unspecified atom stereocenters. The fraction of sp³-hybridized carbons (Fsp3) is 0.667. The monoisotopic (exact) mass is 271 g/mol. The Labute approximate surface area is 109 Å². The molecule has 0 radical (unpaired) electrons. The Kier molecular flexibility index (Phi) is 5.22. The minimum atomic E-state index is -3.08. The Morgan fingerprint density at radius 1 is 1.44 bits per heavy atom. The molecule has 1 rings (SSSR count). The predicted molar refractivity (Wildman–Crippen MR) is 72.0 cm³/mol. The molecule has 5 nitrogen and oxygen atoms in total. The third-order valence-electron chi connectivity index (χ3n) is 2.63. The van der Waals surface area contributed by atoms with Gasteiger partial charge in [0.2, 0.25) is 0 Å². The first kappa shape index (κ1) is 15.0. The van der Waals surface area contributed by atoms with Gasteiger partial charge in [0.05, 0.1) is 0 Å². The van der Waals surface area contributed by atoms with Crippen molar-refractivity contribution in [1.82, 2.24) is 15.3 Å². The van der Waals surface area contributed by atoms with E-state index in [1.165, 1.54) is 6.26 Å². The quantitative estimate of drug-likeness (QED) is 0.846. The highest BCUT2D eigenvalue weighted by Crippen LogP contribution is 2.15. The van der Waals surface area contributed by atoms with Gasteiger partial charge in [-0.1, -0.05) is 6.92 Å². The lowest BCUT2D eigenvalue weighted by atomic mass is 10.1. The number of nitrogens with zero attached hydrogens (tertiary/aromatic N) is 2. The van der Waals surface area contributed by atoms with Gasteiger partial charge >= 0.3 is 0 Å². The minimum Gasteiger partial charge on any atom is -0.310 e. The molecule has 0 spiro atoms. The Hall–Kier alpha value is -1.01. The number of nitrogens with one attached hydrogen (secondary N) is 1. The van der Waals surface area contributed by atoms with Gasteiger partial charge in [-0.05, 0) is 26.8 Å². The van der Waals surface area contributed by atoms with Crippen LogP contribution in [0, 0.1) is 6.92 Å². The summed E-state index contributed by atoms with van der Waals surface area (Å²) in [5.74, 6) is 0.256. The maximum atomic E-state index is 11.2. The molecule has 0 saturated heterocycles. The summed E-state index contributed by atoms with van der Waals surface area (Å²) in [6, 6.07) is 0.178. The summed E-state index contributed by atoms with van der Waals surface area (Å²) in [7, 11) is -3.08. The van der Waals surface area contributed by atoms with Crippen LogP contribution in [0.3, 0.4) is 0 Å². The molecular weight excluding hydrogens is 250 g/mol. The van der Waals surface area contributed by atoms with Crippen molar-refractivity contribution < 1.29 is 8.42 Å². The van der Waals surface area contributed by atoms with E-state index < -0.39 is 9.84 Å². The average Bonchev–Trinajstić information content (AvgIpc) is 2.23. The molecular formula is C12H21N3O2S. The normalized spacial score (nSPS) is 13.6. The van der Waals surface area contributed by atoms with E-state index in [4.69, 9.17) is 0 Å². The molecule has 1 N–H and O–H groups in total. The summed E-state index contributed by atoms with van der Waals surface area (Å²) in [6.07, 6.45) is 3.97. The zero-order chi connectivity index (χ0) is 13.8. The second kappa shape index (κ2) is 6.24. The van der Waals surface area contributed by atoms with Gasteiger partial charge in [-0.15, -0.1) is 0 Å². The van der Waals surface area contributed by atoms with Gasteiger partial charge < -0.3 is 5.32 Å². The van der Waals surface area contributed by atoms with Crippen molar-refractivity contribution in [2.75, 3.05) is 12.8 Å². The molecule has 0 aromatic carbocycles. The van der Waals surface area contributed by atoms with E-state index in [0.717, 1.165) is 24.2 Å². The molecule has 1 aromatic rings. The van der Waals surface area contributed by atoms with Gasteiger partial charge in [-0.2, -0.15) is 0 Å². The maximum Gasteiger partial charge on any atom is 0.154 e. The molecule has 102 valence electrons. The second-order valence-electron chi connectivity index (χ2n) is 4.57. The van der Waals surface area contributed by atoms with Gasteiger partial charge in [-0.25, -0.2) is 18.4 Å². The van der Waals surface area contributed by atoms with Crippen LogP contribution in [0.2, 0.25) is 0 Å². The minimum absolute atomic E-state index is 0.106. The first-order valence-corrected chi connectivity index (χ1v) is 8.13. The van der Waals surface area contributed by atoms with Crippen molar-refractivity contribution in [2.24, 2.45) is 0 Å². The van der Waals surface area contributed by atoms with E-state index in [1.54, 1.807) is 6.20 Å². The van der Waals surface area contributed by atoms with Crippen molar-refractivity contribution in [3.63, 3.8) is 0 Å². The van der Waals surface area contributed by atoms with Crippen LogP contribution in [0.15, 0.2) is 6.20 Å². The third kappa shape index (κ3) is 4.70. The molecule has 0 amide bonds. The van der Waals surface area contributed by atoms with E-state index >= 15 is 0 Å². The standard InChI is InChI=1S/C12H21N3O2S/c1-5-6-13-9(2)11-7-14-12(15-10(11)3)8-18(4,16)17/h7,9,13H,5-6,8H2,1-4H3. The second-order valence-corrected chi connectivity index (χ2v) is 6.71. The number of hydrogen-bond donors (Lipinski definition) is 1. The first-order chi connectivity index (χ1) is 8.33. The van der Waals surface area contributed by atoms with Crippen LogP contribution in [0.4, 0.5) is 0 Å². The fourth-order valence-electron chi connectivity index (χ4n) is 1.72. The molecule has 6 heteroatoms. The van der Waals surface area contributed by atoms with Gasteiger partial charge in [-0.3, -0.25) is 0 Å². The number of sulfone groups is 1. The Morgan fingerprint density at radius 2 is 2.11 bits per heavy atom. The topological polar surface area (TPSA) is 72.0 Å². The predicted octanol–water partition coefficient (Wildman–Crippen LogP) is 1.39. The molecule has 0 saturated carbocycles. The van der Waals surface area contributed by atoms with Crippen LogP contribution >= 0.6 is 0 Å². The zero-order valence-corrected chi connectivity index (χ0v) is 12.2. The van der Waals surface area contributed by atoms with E-state index in [-0.39, 0.29) is 11.8 Å². The van der Waals surface area contributed by atoms with E-state index in [1.807, 2.05) is 6.92 Å². The van der Waals surface area contributed by atoms with Crippen molar-refractivity contribution in [1.29, 1.82) is 0 Å².